The summed E-state index contributed by atoms with van der Waals surface area (Å²) in [7, 11) is 0. The highest BCUT2D eigenvalue weighted by Gasteiger charge is 2.30. The van der Waals surface area contributed by atoms with Crippen LogP contribution in [-0.4, -0.2) is 29.8 Å². The minimum absolute atomic E-state index is 0.320. The summed E-state index contributed by atoms with van der Waals surface area (Å²) < 4.78 is 40.9. The third kappa shape index (κ3) is 5.27. The second kappa shape index (κ2) is 7.53. The zero-order chi connectivity index (χ0) is 18.8. The molecule has 25 heavy (non-hydrogen) atoms. The van der Waals surface area contributed by atoms with Crippen LogP contribution in [0.1, 0.15) is 23.6 Å². The lowest BCUT2D eigenvalue weighted by atomic mass is 9.99. The molecule has 0 fully saturated rings. The lowest BCUT2D eigenvalue weighted by Crippen LogP contribution is -2.31. The van der Waals surface area contributed by atoms with Crippen LogP contribution in [0.3, 0.4) is 0 Å². The summed E-state index contributed by atoms with van der Waals surface area (Å²) in [4.78, 5) is 16.3. The van der Waals surface area contributed by atoms with E-state index in [0.717, 1.165) is 16.7 Å². The summed E-state index contributed by atoms with van der Waals surface area (Å²) >= 11 is 1.21. The molecule has 0 radical (unpaired) electrons. The van der Waals surface area contributed by atoms with Crippen molar-refractivity contribution in [3.63, 3.8) is 0 Å². The summed E-state index contributed by atoms with van der Waals surface area (Å²) in [5.74, 6) is -0.665. The topological polar surface area (TPSA) is 51.2 Å². The van der Waals surface area contributed by atoms with Crippen LogP contribution in [0.25, 0.3) is 11.3 Å². The van der Waals surface area contributed by atoms with E-state index in [0.29, 0.717) is 10.8 Å². The maximum absolute atomic E-state index is 12.1. The highest BCUT2D eigenvalue weighted by Crippen LogP contribution is 2.29. The van der Waals surface area contributed by atoms with Crippen molar-refractivity contribution in [3.8, 4) is 11.3 Å². The molecular formula is C17H19F3N2O2S. The number of thiazole rings is 1. The third-order valence-corrected chi connectivity index (χ3v) is 4.47. The Hall–Kier alpha value is -1.93. The van der Waals surface area contributed by atoms with E-state index in [1.54, 1.807) is 5.38 Å². The number of hydrogen-bond donors (Lipinski definition) is 1. The Morgan fingerprint density at radius 3 is 2.52 bits per heavy atom. The number of aryl methyl sites for hydroxylation is 3. The van der Waals surface area contributed by atoms with Crippen LogP contribution < -0.4 is 5.32 Å². The molecule has 1 heterocycles. The second-order valence-corrected chi connectivity index (χ2v) is 6.71. The summed E-state index contributed by atoms with van der Waals surface area (Å²) in [6.45, 7) is 5.82. The van der Waals surface area contributed by atoms with E-state index >= 15 is 0 Å². The number of carbonyl (C=O) groups is 1. The quantitative estimate of drug-likeness (QED) is 0.832. The number of carbonyl (C=O) groups excluding carboxylic acids is 1. The molecular weight excluding hydrogens is 353 g/mol. The van der Waals surface area contributed by atoms with Gasteiger partial charge in [0, 0.05) is 10.9 Å². The number of nitrogens with one attached hydrogen (secondary N) is 1. The van der Waals surface area contributed by atoms with Crippen molar-refractivity contribution in [1.82, 2.24) is 4.98 Å². The molecule has 0 aliphatic rings. The molecule has 1 N–H and O–H groups in total. The first-order valence-corrected chi connectivity index (χ1v) is 8.48. The van der Waals surface area contributed by atoms with Crippen molar-refractivity contribution in [1.29, 1.82) is 0 Å². The van der Waals surface area contributed by atoms with Gasteiger partial charge in [0.1, 0.15) is 12.7 Å². The molecule has 8 heteroatoms. The largest absolute Gasteiger partial charge is 0.411 e. The van der Waals surface area contributed by atoms with Crippen molar-refractivity contribution < 1.29 is 22.7 Å². The van der Waals surface area contributed by atoms with Gasteiger partial charge in [0.05, 0.1) is 5.69 Å². The van der Waals surface area contributed by atoms with Crippen molar-refractivity contribution in [2.45, 2.75) is 40.0 Å². The summed E-state index contributed by atoms with van der Waals surface area (Å²) in [6.07, 6.45) is -5.69. The van der Waals surface area contributed by atoms with Gasteiger partial charge in [0.25, 0.3) is 5.91 Å². The van der Waals surface area contributed by atoms with Gasteiger partial charge in [-0.05, 0) is 50.5 Å². The highest BCUT2D eigenvalue weighted by molar-refractivity contribution is 7.14. The summed E-state index contributed by atoms with van der Waals surface area (Å²) in [5, 5.41) is 4.61. The first-order valence-electron chi connectivity index (χ1n) is 7.60. The smallest absolute Gasteiger partial charge is 0.359 e. The zero-order valence-electron chi connectivity index (χ0n) is 14.3. The van der Waals surface area contributed by atoms with Gasteiger partial charge in [-0.3, -0.25) is 10.1 Å². The van der Waals surface area contributed by atoms with Crippen LogP contribution in [0.2, 0.25) is 0 Å². The Morgan fingerprint density at radius 1 is 1.24 bits per heavy atom. The molecule has 2 aromatic rings. The standard InChI is InChI=1S/C17H19F3N2O2S/c1-9-5-11(3)13(6-10(9)2)14-7-25-16(21-14)22-15(23)12(4)24-8-17(18,19)20/h5-7,12H,8H2,1-4H3,(H,21,22,23). The molecule has 1 atom stereocenters. The minimum atomic E-state index is -4.47. The van der Waals surface area contributed by atoms with Crippen molar-refractivity contribution in [2.24, 2.45) is 0 Å². The molecule has 1 aromatic heterocycles. The molecule has 2 rings (SSSR count). The average molecular weight is 372 g/mol. The Morgan fingerprint density at radius 2 is 1.88 bits per heavy atom. The molecule has 0 saturated heterocycles. The molecule has 0 aliphatic heterocycles. The van der Waals surface area contributed by atoms with Gasteiger partial charge in [-0.2, -0.15) is 13.2 Å². The summed E-state index contributed by atoms with van der Waals surface area (Å²) in [5.41, 5.74) is 5.05. The van der Waals surface area contributed by atoms with Crippen LogP contribution >= 0.6 is 11.3 Å². The van der Waals surface area contributed by atoms with E-state index in [-0.39, 0.29) is 0 Å². The van der Waals surface area contributed by atoms with E-state index in [4.69, 9.17) is 0 Å². The highest BCUT2D eigenvalue weighted by atomic mass is 32.1. The average Bonchev–Trinajstić information content (AvgIpc) is 2.95. The molecule has 0 spiro atoms. The van der Waals surface area contributed by atoms with E-state index in [1.807, 2.05) is 26.8 Å². The van der Waals surface area contributed by atoms with Crippen LogP contribution in [0.15, 0.2) is 17.5 Å². The fourth-order valence-corrected chi connectivity index (χ4v) is 2.91. The van der Waals surface area contributed by atoms with Gasteiger partial charge in [0.15, 0.2) is 5.13 Å². The van der Waals surface area contributed by atoms with Crippen LogP contribution in [0.5, 0.6) is 0 Å². The Bertz CT molecular complexity index is 772. The lowest BCUT2D eigenvalue weighted by Gasteiger charge is -2.13. The number of anilines is 1. The maximum atomic E-state index is 12.1. The van der Waals surface area contributed by atoms with Crippen molar-refractivity contribution >= 4 is 22.4 Å². The number of nitrogens with zero attached hydrogens (tertiary/aromatic N) is 1. The SMILES string of the molecule is Cc1cc(C)c(-c2csc(NC(=O)C(C)OCC(F)(F)F)n2)cc1C. The number of rotatable bonds is 5. The molecule has 0 aliphatic carbocycles. The molecule has 0 bridgehead atoms. The van der Waals surface area contributed by atoms with Gasteiger partial charge < -0.3 is 4.74 Å². The summed E-state index contributed by atoms with van der Waals surface area (Å²) in [6, 6.07) is 4.09. The van der Waals surface area contributed by atoms with Gasteiger partial charge in [-0.25, -0.2) is 4.98 Å². The predicted molar refractivity (Wildman–Crippen MR) is 91.9 cm³/mol. The monoisotopic (exact) mass is 372 g/mol. The second-order valence-electron chi connectivity index (χ2n) is 5.85. The normalized spacial score (nSPS) is 12.9. The Kier molecular flexibility index (Phi) is 5.84. The molecule has 1 unspecified atom stereocenters. The van der Waals surface area contributed by atoms with Gasteiger partial charge in [-0.1, -0.05) is 6.07 Å². The van der Waals surface area contributed by atoms with E-state index in [1.165, 1.54) is 23.8 Å². The molecule has 1 amide bonds. The maximum Gasteiger partial charge on any atom is 0.411 e. The minimum Gasteiger partial charge on any atom is -0.359 e. The third-order valence-electron chi connectivity index (χ3n) is 3.72. The first-order chi connectivity index (χ1) is 11.6. The van der Waals surface area contributed by atoms with E-state index in [9.17, 15) is 18.0 Å². The predicted octanol–water partition coefficient (Wildman–Crippen LogP) is 4.64. The van der Waals surface area contributed by atoms with Crippen molar-refractivity contribution in [2.75, 3.05) is 11.9 Å². The number of hydrogen-bond acceptors (Lipinski definition) is 4. The molecule has 4 nitrogen and oxygen atoms in total. The Labute approximate surface area is 148 Å². The number of benzene rings is 1. The Balaban J connectivity index is 2.07. The number of ether oxygens (including phenoxy) is 1. The number of amides is 1. The van der Waals surface area contributed by atoms with Gasteiger partial charge in [0.2, 0.25) is 0 Å². The fraction of sp³-hybridized carbons (Fsp3) is 0.412. The van der Waals surface area contributed by atoms with Crippen LogP contribution in [-0.2, 0) is 9.53 Å². The zero-order valence-corrected chi connectivity index (χ0v) is 15.1. The van der Waals surface area contributed by atoms with Crippen LogP contribution in [0, 0.1) is 20.8 Å². The van der Waals surface area contributed by atoms with E-state index < -0.39 is 24.8 Å². The van der Waals surface area contributed by atoms with Gasteiger partial charge >= 0.3 is 6.18 Å². The van der Waals surface area contributed by atoms with Crippen LogP contribution in [0.4, 0.5) is 18.3 Å². The van der Waals surface area contributed by atoms with E-state index in [2.05, 4.69) is 21.1 Å². The molecule has 136 valence electrons. The van der Waals surface area contributed by atoms with Gasteiger partial charge in [-0.15, -0.1) is 11.3 Å². The van der Waals surface area contributed by atoms with Crippen molar-refractivity contribution in [3.05, 3.63) is 34.2 Å². The first kappa shape index (κ1) is 19.4. The number of halogens is 3. The molecule has 0 saturated carbocycles. The fourth-order valence-electron chi connectivity index (χ4n) is 2.19. The number of alkyl halides is 3. The lowest BCUT2D eigenvalue weighted by molar-refractivity contribution is -0.184. The number of aromatic nitrogens is 1. The molecule has 1 aromatic carbocycles.